The molecule has 3 heteroatoms. The van der Waals surface area contributed by atoms with Crippen LogP contribution in [0.2, 0.25) is 0 Å². The van der Waals surface area contributed by atoms with E-state index in [2.05, 4.69) is 4.90 Å². The molecular formula is C17H18FNO. The number of phenols is 1. The van der Waals surface area contributed by atoms with E-state index in [1.807, 2.05) is 24.3 Å². The van der Waals surface area contributed by atoms with Crippen molar-refractivity contribution in [2.75, 3.05) is 18.0 Å². The molecular weight excluding hydrogens is 253 g/mol. The highest BCUT2D eigenvalue weighted by atomic mass is 19.1. The molecule has 104 valence electrons. The molecule has 1 aliphatic rings. The van der Waals surface area contributed by atoms with Crippen LogP contribution >= 0.6 is 0 Å². The molecule has 0 spiro atoms. The summed E-state index contributed by atoms with van der Waals surface area (Å²) in [4.78, 5) is 2.29. The summed E-state index contributed by atoms with van der Waals surface area (Å²) in [5.41, 5.74) is 1.97. The van der Waals surface area contributed by atoms with Gasteiger partial charge in [-0.2, -0.15) is 0 Å². The second-order valence-electron chi connectivity index (χ2n) is 5.30. The van der Waals surface area contributed by atoms with Crippen molar-refractivity contribution >= 4 is 5.69 Å². The van der Waals surface area contributed by atoms with Crippen LogP contribution in [0.4, 0.5) is 10.1 Å². The molecule has 2 aromatic rings. The highest BCUT2D eigenvalue weighted by Gasteiger charge is 2.22. The SMILES string of the molecule is Oc1ccc(N2CCC(c3ccccc3F)CC2)cc1. The molecule has 0 unspecified atom stereocenters. The third-order valence-corrected chi connectivity index (χ3v) is 4.05. The Morgan fingerprint density at radius 2 is 1.60 bits per heavy atom. The lowest BCUT2D eigenvalue weighted by Crippen LogP contribution is -2.33. The largest absolute Gasteiger partial charge is 0.508 e. The molecule has 3 rings (SSSR count). The standard InChI is InChI=1S/C17H18FNO/c18-17-4-2-1-3-16(17)13-9-11-19(12-10-13)14-5-7-15(20)8-6-14/h1-8,13,20H,9-12H2. The predicted octanol–water partition coefficient (Wildman–Crippen LogP) is 3.92. The van der Waals surface area contributed by atoms with Crippen molar-refractivity contribution in [3.05, 3.63) is 59.9 Å². The maximum atomic E-state index is 13.8. The fourth-order valence-corrected chi connectivity index (χ4v) is 2.92. The summed E-state index contributed by atoms with van der Waals surface area (Å²) in [6, 6.07) is 14.4. The van der Waals surface area contributed by atoms with Crippen molar-refractivity contribution in [2.24, 2.45) is 0 Å². The van der Waals surface area contributed by atoms with Crippen LogP contribution < -0.4 is 4.90 Å². The van der Waals surface area contributed by atoms with E-state index in [4.69, 9.17) is 0 Å². The van der Waals surface area contributed by atoms with Gasteiger partial charge in [-0.05, 0) is 54.7 Å². The number of aromatic hydroxyl groups is 1. The number of anilines is 1. The second kappa shape index (κ2) is 5.53. The molecule has 1 heterocycles. The minimum Gasteiger partial charge on any atom is -0.508 e. The van der Waals surface area contributed by atoms with Crippen LogP contribution in [0.5, 0.6) is 5.75 Å². The van der Waals surface area contributed by atoms with Crippen LogP contribution in [0, 0.1) is 5.82 Å². The van der Waals surface area contributed by atoms with Crippen molar-refractivity contribution in [2.45, 2.75) is 18.8 Å². The van der Waals surface area contributed by atoms with Gasteiger partial charge in [0, 0.05) is 18.8 Å². The Hall–Kier alpha value is -2.03. The van der Waals surface area contributed by atoms with E-state index < -0.39 is 0 Å². The predicted molar refractivity (Wildman–Crippen MR) is 78.7 cm³/mol. The molecule has 0 saturated carbocycles. The lowest BCUT2D eigenvalue weighted by molar-refractivity contribution is 0.473. The van der Waals surface area contributed by atoms with Crippen LogP contribution in [0.15, 0.2) is 48.5 Å². The molecule has 0 aromatic heterocycles. The van der Waals surface area contributed by atoms with Gasteiger partial charge in [0.2, 0.25) is 0 Å². The molecule has 1 aliphatic heterocycles. The Morgan fingerprint density at radius 1 is 0.950 bits per heavy atom. The first kappa shape index (κ1) is 13.0. The molecule has 0 radical (unpaired) electrons. The van der Waals surface area contributed by atoms with Gasteiger partial charge in [0.1, 0.15) is 11.6 Å². The number of hydrogen-bond donors (Lipinski definition) is 1. The smallest absolute Gasteiger partial charge is 0.126 e. The highest BCUT2D eigenvalue weighted by Crippen LogP contribution is 2.32. The topological polar surface area (TPSA) is 23.5 Å². The molecule has 1 fully saturated rings. The zero-order valence-corrected chi connectivity index (χ0v) is 11.3. The van der Waals surface area contributed by atoms with E-state index in [-0.39, 0.29) is 11.6 Å². The van der Waals surface area contributed by atoms with Gasteiger partial charge >= 0.3 is 0 Å². The van der Waals surface area contributed by atoms with Crippen LogP contribution in [0.25, 0.3) is 0 Å². The summed E-state index contributed by atoms with van der Waals surface area (Å²) < 4.78 is 13.8. The van der Waals surface area contributed by atoms with Gasteiger partial charge in [-0.15, -0.1) is 0 Å². The first-order chi connectivity index (χ1) is 9.74. The van der Waals surface area contributed by atoms with Gasteiger partial charge in [-0.1, -0.05) is 18.2 Å². The quantitative estimate of drug-likeness (QED) is 0.895. The van der Waals surface area contributed by atoms with E-state index >= 15 is 0 Å². The maximum Gasteiger partial charge on any atom is 0.126 e. The molecule has 2 nitrogen and oxygen atoms in total. The lowest BCUT2D eigenvalue weighted by Gasteiger charge is -2.34. The second-order valence-corrected chi connectivity index (χ2v) is 5.30. The molecule has 0 amide bonds. The zero-order chi connectivity index (χ0) is 13.9. The van der Waals surface area contributed by atoms with E-state index in [0.717, 1.165) is 37.2 Å². The lowest BCUT2D eigenvalue weighted by atomic mass is 9.89. The van der Waals surface area contributed by atoms with Crippen molar-refractivity contribution in [1.82, 2.24) is 0 Å². The van der Waals surface area contributed by atoms with E-state index in [0.29, 0.717) is 5.92 Å². The van der Waals surface area contributed by atoms with Crippen molar-refractivity contribution in [3.8, 4) is 5.75 Å². The van der Waals surface area contributed by atoms with Crippen LogP contribution in [-0.2, 0) is 0 Å². The Balaban J connectivity index is 1.68. The van der Waals surface area contributed by atoms with Crippen LogP contribution in [-0.4, -0.2) is 18.2 Å². The summed E-state index contributed by atoms with van der Waals surface area (Å²) in [5.74, 6) is 0.509. The fourth-order valence-electron chi connectivity index (χ4n) is 2.92. The van der Waals surface area contributed by atoms with Gasteiger partial charge in [0.05, 0.1) is 0 Å². The number of hydrogen-bond acceptors (Lipinski definition) is 2. The average molecular weight is 271 g/mol. The van der Waals surface area contributed by atoms with Gasteiger partial charge in [-0.25, -0.2) is 4.39 Å². The van der Waals surface area contributed by atoms with E-state index in [1.165, 1.54) is 0 Å². The molecule has 1 N–H and O–H groups in total. The van der Waals surface area contributed by atoms with Crippen molar-refractivity contribution in [3.63, 3.8) is 0 Å². The minimum absolute atomic E-state index is 0.0874. The fraction of sp³-hybridized carbons (Fsp3) is 0.294. The summed E-state index contributed by atoms with van der Waals surface area (Å²) in [5, 5.41) is 9.32. The summed E-state index contributed by atoms with van der Waals surface area (Å²) in [6.45, 7) is 1.84. The van der Waals surface area contributed by atoms with Crippen molar-refractivity contribution < 1.29 is 9.50 Å². The number of phenolic OH excluding ortho intramolecular Hbond substituents is 1. The van der Waals surface area contributed by atoms with Crippen LogP contribution in [0.3, 0.4) is 0 Å². The number of benzene rings is 2. The van der Waals surface area contributed by atoms with Gasteiger partial charge in [0.15, 0.2) is 0 Å². The van der Waals surface area contributed by atoms with E-state index in [9.17, 15) is 9.50 Å². The Kier molecular flexibility index (Phi) is 3.59. The number of halogens is 1. The summed E-state index contributed by atoms with van der Waals surface area (Å²) in [6.07, 6.45) is 1.92. The molecule has 1 saturated heterocycles. The monoisotopic (exact) mass is 271 g/mol. The molecule has 2 aromatic carbocycles. The number of nitrogens with zero attached hydrogens (tertiary/aromatic N) is 1. The normalized spacial score (nSPS) is 16.4. The molecule has 0 atom stereocenters. The average Bonchev–Trinajstić information content (AvgIpc) is 2.49. The van der Waals surface area contributed by atoms with Gasteiger partial charge in [0.25, 0.3) is 0 Å². The minimum atomic E-state index is -0.0874. The van der Waals surface area contributed by atoms with Crippen LogP contribution in [0.1, 0.15) is 24.3 Å². The maximum absolute atomic E-state index is 13.8. The van der Waals surface area contributed by atoms with Crippen molar-refractivity contribution in [1.29, 1.82) is 0 Å². The Morgan fingerprint density at radius 3 is 2.25 bits per heavy atom. The van der Waals surface area contributed by atoms with Gasteiger partial charge < -0.3 is 10.0 Å². The third kappa shape index (κ3) is 2.62. The molecule has 0 aliphatic carbocycles. The molecule has 0 bridgehead atoms. The first-order valence-electron chi connectivity index (χ1n) is 7.02. The van der Waals surface area contributed by atoms with E-state index in [1.54, 1.807) is 24.3 Å². The summed E-state index contributed by atoms with van der Waals surface area (Å²) in [7, 11) is 0. The highest BCUT2D eigenvalue weighted by molar-refractivity contribution is 5.49. The Labute approximate surface area is 118 Å². The zero-order valence-electron chi connectivity index (χ0n) is 11.3. The molecule has 20 heavy (non-hydrogen) atoms. The first-order valence-corrected chi connectivity index (χ1v) is 7.02. The summed E-state index contributed by atoms with van der Waals surface area (Å²) >= 11 is 0. The Bertz CT molecular complexity index is 574. The number of piperidine rings is 1. The van der Waals surface area contributed by atoms with Gasteiger partial charge in [-0.3, -0.25) is 0 Å². The number of rotatable bonds is 2. The third-order valence-electron chi connectivity index (χ3n) is 4.05.